The van der Waals surface area contributed by atoms with Gasteiger partial charge >= 0.3 is 0 Å². The Morgan fingerprint density at radius 2 is 2.29 bits per heavy atom. The van der Waals surface area contributed by atoms with Crippen LogP contribution in [-0.2, 0) is 16.5 Å². The normalized spacial score (nSPS) is 9.50. The number of carbonyl (C=O) groups is 1. The Balaban J connectivity index is 3.20. The van der Waals surface area contributed by atoms with E-state index in [-0.39, 0.29) is 5.78 Å². The van der Waals surface area contributed by atoms with E-state index in [1.807, 2.05) is 12.1 Å². The van der Waals surface area contributed by atoms with E-state index in [2.05, 4.69) is 22.0 Å². The van der Waals surface area contributed by atoms with Crippen molar-refractivity contribution in [3.05, 3.63) is 34.9 Å². The molecule has 0 aliphatic heterocycles. The fourth-order valence-corrected chi connectivity index (χ4v) is 1.85. The summed E-state index contributed by atoms with van der Waals surface area (Å²) in [6.45, 7) is 1.53. The summed E-state index contributed by atoms with van der Waals surface area (Å²) in [5, 5.41) is 9.55. The largest absolute Gasteiger partial charge is 0.300 e. The van der Waals surface area contributed by atoms with E-state index in [1.54, 1.807) is 6.07 Å². The fraction of sp³-hybridized carbons (Fsp3) is 0.273. The number of nitrogens with zero attached hydrogens (tertiary/aromatic N) is 1. The van der Waals surface area contributed by atoms with Crippen molar-refractivity contribution in [1.82, 2.24) is 0 Å². The predicted molar refractivity (Wildman–Crippen MR) is 58.2 cm³/mol. The lowest BCUT2D eigenvalue weighted by atomic mass is 9.98. The molecule has 0 saturated carbocycles. The summed E-state index contributed by atoms with van der Waals surface area (Å²) in [5.74, 6) is 0.0786. The van der Waals surface area contributed by atoms with Gasteiger partial charge in [0.2, 0.25) is 0 Å². The maximum atomic E-state index is 11.0. The van der Waals surface area contributed by atoms with Crippen LogP contribution in [-0.4, -0.2) is 5.78 Å². The molecule has 0 aliphatic rings. The Hall–Kier alpha value is -1.14. The Bertz CT molecular complexity index is 393. The Morgan fingerprint density at radius 1 is 1.57 bits per heavy atom. The molecule has 0 bridgehead atoms. The van der Waals surface area contributed by atoms with Gasteiger partial charge in [-0.15, -0.1) is 0 Å². The smallest absolute Gasteiger partial charge is 0.134 e. The summed E-state index contributed by atoms with van der Waals surface area (Å²) in [5.41, 5.74) is 2.45. The molecule has 0 heterocycles. The van der Waals surface area contributed by atoms with E-state index in [9.17, 15) is 4.79 Å². The van der Waals surface area contributed by atoms with Crippen molar-refractivity contribution in [2.45, 2.75) is 18.7 Å². The van der Waals surface area contributed by atoms with Gasteiger partial charge in [0.15, 0.2) is 0 Å². The van der Waals surface area contributed by atoms with E-state index < -0.39 is 0 Å². The third kappa shape index (κ3) is 2.43. The lowest BCUT2D eigenvalue weighted by Gasteiger charge is -2.06. The molecular formula is C11H10BrNO. The van der Waals surface area contributed by atoms with Gasteiger partial charge in [0.25, 0.3) is 0 Å². The average Bonchev–Trinajstić information content (AvgIpc) is 2.17. The highest BCUT2D eigenvalue weighted by Gasteiger charge is 2.08. The minimum absolute atomic E-state index is 0.0786. The van der Waals surface area contributed by atoms with Crippen LogP contribution in [0.2, 0.25) is 0 Å². The number of rotatable bonds is 3. The molecule has 0 radical (unpaired) electrons. The van der Waals surface area contributed by atoms with Crippen molar-refractivity contribution < 1.29 is 4.79 Å². The van der Waals surface area contributed by atoms with Crippen molar-refractivity contribution in [3.63, 3.8) is 0 Å². The molecule has 0 unspecified atom stereocenters. The molecular weight excluding hydrogens is 242 g/mol. The van der Waals surface area contributed by atoms with Crippen molar-refractivity contribution in [3.8, 4) is 6.07 Å². The summed E-state index contributed by atoms with van der Waals surface area (Å²) in [7, 11) is 0. The van der Waals surface area contributed by atoms with Crippen LogP contribution < -0.4 is 0 Å². The average molecular weight is 252 g/mol. The molecule has 1 aromatic rings. The SMILES string of the molecule is CC(=O)Cc1c(C#N)cccc1CBr. The number of halogens is 1. The Labute approximate surface area is 91.7 Å². The van der Waals surface area contributed by atoms with E-state index in [1.165, 1.54) is 6.92 Å². The van der Waals surface area contributed by atoms with E-state index in [4.69, 9.17) is 5.26 Å². The monoisotopic (exact) mass is 251 g/mol. The van der Waals surface area contributed by atoms with Crippen LogP contribution in [0.5, 0.6) is 0 Å². The first-order valence-electron chi connectivity index (χ1n) is 4.25. The van der Waals surface area contributed by atoms with Crippen LogP contribution in [0.3, 0.4) is 0 Å². The molecule has 0 fully saturated rings. The van der Waals surface area contributed by atoms with Gasteiger partial charge in [0.05, 0.1) is 11.6 Å². The van der Waals surface area contributed by atoms with Crippen molar-refractivity contribution in [2.24, 2.45) is 0 Å². The van der Waals surface area contributed by atoms with Gasteiger partial charge in [-0.2, -0.15) is 5.26 Å². The first kappa shape index (κ1) is 10.9. The van der Waals surface area contributed by atoms with Crippen LogP contribution in [0.25, 0.3) is 0 Å². The van der Waals surface area contributed by atoms with Gasteiger partial charge in [-0.05, 0) is 24.1 Å². The third-order valence-corrected chi connectivity index (χ3v) is 2.57. The van der Waals surface area contributed by atoms with Gasteiger partial charge in [0.1, 0.15) is 5.78 Å². The Morgan fingerprint density at radius 3 is 2.79 bits per heavy atom. The molecule has 2 nitrogen and oxygen atoms in total. The van der Waals surface area contributed by atoms with Crippen LogP contribution in [0.15, 0.2) is 18.2 Å². The van der Waals surface area contributed by atoms with Crippen LogP contribution in [0.4, 0.5) is 0 Å². The highest BCUT2D eigenvalue weighted by molar-refractivity contribution is 9.08. The lowest BCUT2D eigenvalue weighted by molar-refractivity contribution is -0.116. The number of benzene rings is 1. The molecule has 14 heavy (non-hydrogen) atoms. The zero-order valence-corrected chi connectivity index (χ0v) is 9.47. The molecule has 0 saturated heterocycles. The standard InChI is InChI=1S/C11H10BrNO/c1-8(14)5-11-9(6-12)3-2-4-10(11)7-13/h2-4H,5-6H2,1H3. The van der Waals surface area contributed by atoms with Crippen molar-refractivity contribution >= 4 is 21.7 Å². The Kier molecular flexibility index (Phi) is 3.84. The van der Waals surface area contributed by atoms with Crippen LogP contribution in [0.1, 0.15) is 23.6 Å². The van der Waals surface area contributed by atoms with E-state index >= 15 is 0 Å². The maximum Gasteiger partial charge on any atom is 0.134 e. The van der Waals surface area contributed by atoms with Crippen LogP contribution >= 0.6 is 15.9 Å². The predicted octanol–water partition coefficient (Wildman–Crippen LogP) is 2.58. The zero-order chi connectivity index (χ0) is 10.6. The summed E-state index contributed by atoms with van der Waals surface area (Å²) in [6, 6.07) is 7.60. The summed E-state index contributed by atoms with van der Waals surface area (Å²) < 4.78 is 0. The molecule has 1 rings (SSSR count). The number of carbonyl (C=O) groups excluding carboxylic acids is 1. The molecule has 0 spiro atoms. The van der Waals surface area contributed by atoms with Crippen molar-refractivity contribution in [2.75, 3.05) is 0 Å². The van der Waals surface area contributed by atoms with Gasteiger partial charge in [-0.1, -0.05) is 28.1 Å². The topological polar surface area (TPSA) is 40.9 Å². The minimum atomic E-state index is 0.0786. The molecule has 72 valence electrons. The molecule has 3 heteroatoms. The minimum Gasteiger partial charge on any atom is -0.300 e. The summed E-state index contributed by atoms with van der Waals surface area (Å²) >= 11 is 3.34. The molecule has 0 aliphatic carbocycles. The molecule has 0 amide bonds. The molecule has 0 atom stereocenters. The number of nitriles is 1. The number of Topliss-reactive ketones (excluding diaryl/α,β-unsaturated/α-hetero) is 1. The number of ketones is 1. The second kappa shape index (κ2) is 4.92. The summed E-state index contributed by atoms with van der Waals surface area (Å²) in [6.07, 6.45) is 0.338. The van der Waals surface area contributed by atoms with Gasteiger partial charge in [-0.3, -0.25) is 4.79 Å². The fourth-order valence-electron chi connectivity index (χ4n) is 1.32. The van der Waals surface area contributed by atoms with Gasteiger partial charge < -0.3 is 0 Å². The summed E-state index contributed by atoms with van der Waals surface area (Å²) in [4.78, 5) is 11.0. The number of alkyl halides is 1. The van der Waals surface area contributed by atoms with E-state index in [0.717, 1.165) is 11.1 Å². The molecule has 1 aromatic carbocycles. The maximum absolute atomic E-state index is 11.0. The highest BCUT2D eigenvalue weighted by Crippen LogP contribution is 2.17. The zero-order valence-electron chi connectivity index (χ0n) is 7.88. The number of hydrogen-bond donors (Lipinski definition) is 0. The highest BCUT2D eigenvalue weighted by atomic mass is 79.9. The first-order chi connectivity index (χ1) is 6.69. The van der Waals surface area contributed by atoms with E-state index in [0.29, 0.717) is 17.3 Å². The molecule has 0 N–H and O–H groups in total. The lowest BCUT2D eigenvalue weighted by Crippen LogP contribution is -2.02. The van der Waals surface area contributed by atoms with Crippen molar-refractivity contribution in [1.29, 1.82) is 5.26 Å². The third-order valence-electron chi connectivity index (χ3n) is 1.96. The van der Waals surface area contributed by atoms with Gasteiger partial charge in [0, 0.05) is 11.8 Å². The van der Waals surface area contributed by atoms with Gasteiger partial charge in [-0.25, -0.2) is 0 Å². The first-order valence-corrected chi connectivity index (χ1v) is 5.37. The number of hydrogen-bond acceptors (Lipinski definition) is 2. The van der Waals surface area contributed by atoms with Crippen LogP contribution in [0, 0.1) is 11.3 Å². The molecule has 0 aromatic heterocycles. The second-order valence-corrected chi connectivity index (χ2v) is 3.63. The second-order valence-electron chi connectivity index (χ2n) is 3.07. The quantitative estimate of drug-likeness (QED) is 0.776.